The Bertz CT molecular complexity index is 425. The van der Waals surface area contributed by atoms with Crippen LogP contribution < -0.4 is 15.0 Å². The highest BCUT2D eigenvalue weighted by molar-refractivity contribution is 7.98. The van der Waals surface area contributed by atoms with Gasteiger partial charge in [0.25, 0.3) is 0 Å². The lowest BCUT2D eigenvalue weighted by molar-refractivity contribution is 0.323. The van der Waals surface area contributed by atoms with Crippen molar-refractivity contribution in [3.63, 3.8) is 0 Å². The second-order valence-corrected chi connectivity index (χ2v) is 5.30. The first-order valence-corrected chi connectivity index (χ1v) is 7.68. The van der Waals surface area contributed by atoms with Gasteiger partial charge in [0.05, 0.1) is 12.3 Å². The molecule has 0 amide bonds. The third-order valence-corrected chi connectivity index (χ3v) is 3.58. The number of hydrogen-bond donors (Lipinski definition) is 1. The Labute approximate surface area is 116 Å². The number of nitrogens with zero attached hydrogens (tertiary/aromatic N) is 1. The molecule has 3 nitrogen and oxygen atoms in total. The van der Waals surface area contributed by atoms with E-state index in [2.05, 4.69) is 5.32 Å². The van der Waals surface area contributed by atoms with Gasteiger partial charge in [-0.15, -0.1) is 0 Å². The summed E-state index contributed by atoms with van der Waals surface area (Å²) in [6, 6.07) is 2.38. The van der Waals surface area contributed by atoms with Crippen molar-refractivity contribution in [2.75, 3.05) is 49.7 Å². The Morgan fingerprint density at radius 3 is 2.68 bits per heavy atom. The number of hydrogen-bond acceptors (Lipinski definition) is 4. The molecule has 1 N–H and O–H groups in total. The summed E-state index contributed by atoms with van der Waals surface area (Å²) in [5.41, 5.74) is 0.419. The summed E-state index contributed by atoms with van der Waals surface area (Å²) in [6.45, 7) is 3.46. The molecular weight excluding hydrogens is 270 g/mol. The van der Waals surface area contributed by atoms with Crippen LogP contribution in [0.1, 0.15) is 0 Å². The van der Waals surface area contributed by atoms with E-state index in [-0.39, 0.29) is 5.75 Å². The molecule has 106 valence electrons. The summed E-state index contributed by atoms with van der Waals surface area (Å²) in [5, 5.41) is 3.20. The standard InChI is InChI=1S/C13H18F2N2OS/c1-19-7-6-18-13-9-12(10(14)8-11(13)15)17-4-2-16-3-5-17/h8-9,16H,2-7H2,1H3. The van der Waals surface area contributed by atoms with Crippen molar-refractivity contribution in [1.82, 2.24) is 5.32 Å². The second-order valence-electron chi connectivity index (χ2n) is 4.31. The van der Waals surface area contributed by atoms with Crippen LogP contribution in [0.3, 0.4) is 0 Å². The molecule has 0 unspecified atom stereocenters. The number of thioether (sulfide) groups is 1. The molecule has 19 heavy (non-hydrogen) atoms. The SMILES string of the molecule is CSCCOc1cc(N2CCNCC2)c(F)cc1F. The van der Waals surface area contributed by atoms with E-state index < -0.39 is 11.6 Å². The van der Waals surface area contributed by atoms with Gasteiger partial charge in [-0.25, -0.2) is 8.78 Å². The monoisotopic (exact) mass is 288 g/mol. The highest BCUT2D eigenvalue weighted by Crippen LogP contribution is 2.28. The fourth-order valence-corrected chi connectivity index (χ4v) is 2.26. The number of anilines is 1. The lowest BCUT2D eigenvalue weighted by atomic mass is 10.2. The van der Waals surface area contributed by atoms with Gasteiger partial charge in [-0.1, -0.05) is 0 Å². The normalized spacial score (nSPS) is 15.6. The number of rotatable bonds is 5. The summed E-state index contributed by atoms with van der Waals surface area (Å²) in [7, 11) is 0. The molecule has 1 aliphatic rings. The van der Waals surface area contributed by atoms with Gasteiger partial charge in [0.2, 0.25) is 0 Å². The van der Waals surface area contributed by atoms with E-state index in [0.29, 0.717) is 25.4 Å². The average molecular weight is 288 g/mol. The highest BCUT2D eigenvalue weighted by Gasteiger charge is 2.18. The van der Waals surface area contributed by atoms with Gasteiger partial charge < -0.3 is 15.0 Å². The van der Waals surface area contributed by atoms with Crippen molar-refractivity contribution >= 4 is 17.4 Å². The molecule has 1 fully saturated rings. The maximum atomic E-state index is 13.8. The summed E-state index contributed by atoms with van der Waals surface area (Å²) in [5.74, 6) is -0.266. The minimum absolute atomic E-state index is 0.129. The zero-order valence-electron chi connectivity index (χ0n) is 10.9. The van der Waals surface area contributed by atoms with E-state index in [0.717, 1.165) is 24.9 Å². The molecule has 6 heteroatoms. The van der Waals surface area contributed by atoms with Gasteiger partial charge in [0.15, 0.2) is 11.6 Å². The minimum Gasteiger partial charge on any atom is -0.490 e. The van der Waals surface area contributed by atoms with E-state index in [9.17, 15) is 8.78 Å². The smallest absolute Gasteiger partial charge is 0.168 e. The Morgan fingerprint density at radius 1 is 1.26 bits per heavy atom. The fraction of sp³-hybridized carbons (Fsp3) is 0.538. The van der Waals surface area contributed by atoms with Gasteiger partial charge in [-0.2, -0.15) is 11.8 Å². The predicted octanol–water partition coefficient (Wildman–Crippen LogP) is 2.12. The van der Waals surface area contributed by atoms with Crippen molar-refractivity contribution in [2.24, 2.45) is 0 Å². The number of benzene rings is 1. The highest BCUT2D eigenvalue weighted by atomic mass is 32.2. The summed E-state index contributed by atoms with van der Waals surface area (Å²) in [4.78, 5) is 1.91. The zero-order valence-corrected chi connectivity index (χ0v) is 11.7. The van der Waals surface area contributed by atoms with E-state index in [1.165, 1.54) is 6.07 Å². The lowest BCUT2D eigenvalue weighted by Gasteiger charge is -2.30. The molecule has 0 aromatic heterocycles. The van der Waals surface area contributed by atoms with E-state index in [1.807, 2.05) is 11.2 Å². The Kier molecular flexibility index (Phi) is 5.27. The first kappa shape index (κ1) is 14.4. The Balaban J connectivity index is 2.15. The summed E-state index contributed by atoms with van der Waals surface area (Å²) < 4.78 is 32.8. The molecule has 1 saturated heterocycles. The van der Waals surface area contributed by atoms with Crippen molar-refractivity contribution in [1.29, 1.82) is 0 Å². The molecule has 2 rings (SSSR count). The van der Waals surface area contributed by atoms with Gasteiger partial charge in [0, 0.05) is 44.1 Å². The first-order chi connectivity index (χ1) is 9.22. The van der Waals surface area contributed by atoms with Gasteiger partial charge in [0.1, 0.15) is 5.82 Å². The van der Waals surface area contributed by atoms with Crippen LogP contribution in [0.5, 0.6) is 5.75 Å². The molecule has 0 spiro atoms. The van der Waals surface area contributed by atoms with Crippen LogP contribution in [-0.4, -0.2) is 44.8 Å². The van der Waals surface area contributed by atoms with E-state index in [4.69, 9.17) is 4.74 Å². The number of piperazine rings is 1. The van der Waals surface area contributed by atoms with Crippen molar-refractivity contribution < 1.29 is 13.5 Å². The first-order valence-electron chi connectivity index (χ1n) is 6.29. The molecule has 0 radical (unpaired) electrons. The van der Waals surface area contributed by atoms with Crippen LogP contribution in [0.4, 0.5) is 14.5 Å². The van der Waals surface area contributed by atoms with Crippen LogP contribution in [0, 0.1) is 11.6 Å². The second kappa shape index (κ2) is 6.96. The molecule has 0 bridgehead atoms. The van der Waals surface area contributed by atoms with Crippen LogP contribution in [-0.2, 0) is 0 Å². The van der Waals surface area contributed by atoms with E-state index in [1.54, 1.807) is 11.8 Å². The predicted molar refractivity (Wildman–Crippen MR) is 75.3 cm³/mol. The molecule has 0 atom stereocenters. The van der Waals surface area contributed by atoms with Crippen molar-refractivity contribution in [3.05, 3.63) is 23.8 Å². The average Bonchev–Trinajstić information content (AvgIpc) is 2.42. The molecular formula is C13H18F2N2OS. The lowest BCUT2D eigenvalue weighted by Crippen LogP contribution is -2.43. The van der Waals surface area contributed by atoms with Crippen LogP contribution >= 0.6 is 11.8 Å². The Hall–Kier alpha value is -1.01. The largest absolute Gasteiger partial charge is 0.490 e. The van der Waals surface area contributed by atoms with Gasteiger partial charge in [-0.3, -0.25) is 0 Å². The fourth-order valence-electron chi connectivity index (χ4n) is 2.01. The third-order valence-electron chi connectivity index (χ3n) is 3.00. The summed E-state index contributed by atoms with van der Waals surface area (Å²) in [6.07, 6.45) is 1.95. The van der Waals surface area contributed by atoms with Gasteiger partial charge in [-0.05, 0) is 6.26 Å². The quantitative estimate of drug-likeness (QED) is 0.839. The number of halogens is 2. The maximum absolute atomic E-state index is 13.8. The van der Waals surface area contributed by atoms with Crippen LogP contribution in [0.15, 0.2) is 12.1 Å². The third kappa shape index (κ3) is 3.73. The molecule has 1 aromatic rings. The number of nitrogens with one attached hydrogen (secondary N) is 1. The van der Waals surface area contributed by atoms with Gasteiger partial charge >= 0.3 is 0 Å². The maximum Gasteiger partial charge on any atom is 0.168 e. The molecule has 0 saturated carbocycles. The molecule has 1 heterocycles. The van der Waals surface area contributed by atoms with Crippen LogP contribution in [0.25, 0.3) is 0 Å². The zero-order chi connectivity index (χ0) is 13.7. The van der Waals surface area contributed by atoms with Crippen LogP contribution in [0.2, 0.25) is 0 Å². The topological polar surface area (TPSA) is 24.5 Å². The van der Waals surface area contributed by atoms with E-state index >= 15 is 0 Å². The molecule has 1 aliphatic heterocycles. The van der Waals surface area contributed by atoms with Crippen molar-refractivity contribution in [2.45, 2.75) is 0 Å². The van der Waals surface area contributed by atoms with Crippen molar-refractivity contribution in [3.8, 4) is 5.75 Å². The molecule has 1 aromatic carbocycles. The minimum atomic E-state index is -0.641. The summed E-state index contributed by atoms with van der Waals surface area (Å²) >= 11 is 1.62. The Morgan fingerprint density at radius 2 is 2.00 bits per heavy atom. The number of ether oxygens (including phenoxy) is 1. The molecule has 0 aliphatic carbocycles.